The summed E-state index contributed by atoms with van der Waals surface area (Å²) >= 11 is 0. The van der Waals surface area contributed by atoms with Crippen LogP contribution in [0.5, 0.6) is 0 Å². The van der Waals surface area contributed by atoms with Crippen molar-refractivity contribution in [1.29, 1.82) is 0 Å². The Kier molecular flexibility index (Phi) is 3.05. The van der Waals surface area contributed by atoms with Crippen LogP contribution in [0.2, 0.25) is 0 Å². The predicted molar refractivity (Wildman–Crippen MR) is 71.8 cm³/mol. The second kappa shape index (κ2) is 4.38. The minimum Gasteiger partial charge on any atom is -0.320 e. The van der Waals surface area contributed by atoms with Crippen LogP contribution in [-0.4, -0.2) is 9.78 Å². The van der Waals surface area contributed by atoms with Crippen LogP contribution in [-0.2, 0) is 5.54 Å². The molecule has 0 saturated carbocycles. The number of nitrogens with two attached hydrogens (primary N) is 1. The summed E-state index contributed by atoms with van der Waals surface area (Å²) in [7, 11) is 0. The summed E-state index contributed by atoms with van der Waals surface area (Å²) in [5, 5.41) is 4.39. The Hall–Kier alpha value is -1.94. The van der Waals surface area contributed by atoms with Gasteiger partial charge in [-0.25, -0.2) is 4.68 Å². The van der Waals surface area contributed by atoms with Crippen molar-refractivity contribution in [2.45, 2.75) is 26.3 Å². The molecule has 2 aromatic rings. The zero-order valence-electron chi connectivity index (χ0n) is 10.8. The lowest BCUT2D eigenvalue weighted by Crippen LogP contribution is -2.37. The number of nitrogens with zero attached hydrogens (tertiary/aromatic N) is 2. The summed E-state index contributed by atoms with van der Waals surface area (Å²) < 4.78 is 1.74. The molecule has 1 heterocycles. The van der Waals surface area contributed by atoms with E-state index in [-0.39, 0.29) is 5.43 Å². The molecule has 2 rings (SSSR count). The molecule has 0 bridgehead atoms. The summed E-state index contributed by atoms with van der Waals surface area (Å²) in [5.41, 5.74) is 7.19. The molecule has 0 amide bonds. The fraction of sp³-hybridized carbons (Fsp3) is 0.286. The number of hydrogen-bond donors (Lipinski definition) is 1. The van der Waals surface area contributed by atoms with Crippen LogP contribution in [0.25, 0.3) is 5.69 Å². The van der Waals surface area contributed by atoms with Crippen molar-refractivity contribution in [3.63, 3.8) is 0 Å². The fourth-order valence-corrected chi connectivity index (χ4v) is 1.82. The van der Waals surface area contributed by atoms with Gasteiger partial charge in [0, 0.05) is 11.8 Å². The van der Waals surface area contributed by atoms with Crippen LogP contribution < -0.4 is 11.2 Å². The molecule has 0 spiro atoms. The van der Waals surface area contributed by atoms with Crippen LogP contribution in [0.3, 0.4) is 0 Å². The highest BCUT2D eigenvalue weighted by atomic mass is 16.1. The highest BCUT2D eigenvalue weighted by Gasteiger charge is 2.21. The fourth-order valence-electron chi connectivity index (χ4n) is 1.82. The van der Waals surface area contributed by atoms with Crippen molar-refractivity contribution < 1.29 is 0 Å². The molecule has 0 atom stereocenters. The molecule has 0 aliphatic carbocycles. The maximum absolute atomic E-state index is 11.9. The van der Waals surface area contributed by atoms with E-state index in [0.717, 1.165) is 11.4 Å². The predicted octanol–water partition coefficient (Wildman–Crippen LogP) is 1.73. The minimum absolute atomic E-state index is 0.118. The summed E-state index contributed by atoms with van der Waals surface area (Å²) in [6.45, 7) is 5.41. The Morgan fingerprint density at radius 3 is 2.39 bits per heavy atom. The lowest BCUT2D eigenvalue weighted by Gasteiger charge is -2.19. The van der Waals surface area contributed by atoms with Crippen molar-refractivity contribution in [2.75, 3.05) is 0 Å². The Balaban J connectivity index is 2.67. The standard InChI is InChI=1S/C14H17N3O/c1-10-9-12(18)13(14(2,3)15)16-17(10)11-7-5-4-6-8-11/h4-9H,15H2,1-3H3. The quantitative estimate of drug-likeness (QED) is 0.873. The van der Waals surface area contributed by atoms with Crippen LogP contribution in [0.1, 0.15) is 25.2 Å². The van der Waals surface area contributed by atoms with Crippen LogP contribution >= 0.6 is 0 Å². The molecule has 4 heteroatoms. The number of aryl methyl sites for hydroxylation is 1. The van der Waals surface area contributed by atoms with Crippen LogP contribution in [0.4, 0.5) is 0 Å². The molecule has 0 aliphatic heterocycles. The molecule has 0 radical (unpaired) electrons. The average Bonchev–Trinajstić information content (AvgIpc) is 2.28. The van der Waals surface area contributed by atoms with Gasteiger partial charge in [-0.3, -0.25) is 4.79 Å². The first-order valence-corrected chi connectivity index (χ1v) is 5.85. The Morgan fingerprint density at radius 1 is 1.22 bits per heavy atom. The van der Waals surface area contributed by atoms with Gasteiger partial charge in [-0.05, 0) is 32.9 Å². The van der Waals surface area contributed by atoms with Gasteiger partial charge in [0.2, 0.25) is 5.43 Å². The molecular formula is C14H17N3O. The summed E-state index contributed by atoms with van der Waals surface area (Å²) in [5.74, 6) is 0. The maximum atomic E-state index is 11.9. The van der Waals surface area contributed by atoms with Crippen molar-refractivity contribution in [2.24, 2.45) is 5.73 Å². The van der Waals surface area contributed by atoms with E-state index in [1.165, 1.54) is 0 Å². The second-order valence-corrected chi connectivity index (χ2v) is 4.97. The summed E-state index contributed by atoms with van der Waals surface area (Å²) in [6, 6.07) is 11.3. The molecule has 4 nitrogen and oxygen atoms in total. The summed E-state index contributed by atoms with van der Waals surface area (Å²) in [6.07, 6.45) is 0. The molecule has 0 saturated heterocycles. The first-order valence-electron chi connectivity index (χ1n) is 5.85. The van der Waals surface area contributed by atoms with Gasteiger partial charge < -0.3 is 5.73 Å². The maximum Gasteiger partial charge on any atom is 0.205 e. The zero-order valence-corrected chi connectivity index (χ0v) is 10.8. The third-order valence-corrected chi connectivity index (χ3v) is 2.72. The van der Waals surface area contributed by atoms with Crippen molar-refractivity contribution in [3.05, 3.63) is 58.0 Å². The van der Waals surface area contributed by atoms with Gasteiger partial charge in [0.15, 0.2) is 0 Å². The Bertz CT molecular complexity index is 609. The molecule has 0 fully saturated rings. The van der Waals surface area contributed by atoms with Gasteiger partial charge in [-0.1, -0.05) is 18.2 Å². The Labute approximate surface area is 106 Å². The second-order valence-electron chi connectivity index (χ2n) is 4.97. The van der Waals surface area contributed by atoms with Gasteiger partial charge in [0.25, 0.3) is 0 Å². The normalized spacial score (nSPS) is 11.6. The zero-order chi connectivity index (χ0) is 13.3. The number of benzene rings is 1. The molecule has 0 unspecified atom stereocenters. The molecule has 94 valence electrons. The number of para-hydroxylation sites is 1. The van der Waals surface area contributed by atoms with E-state index < -0.39 is 5.54 Å². The van der Waals surface area contributed by atoms with E-state index in [4.69, 9.17) is 5.73 Å². The van der Waals surface area contributed by atoms with Crippen LogP contribution in [0.15, 0.2) is 41.2 Å². The lowest BCUT2D eigenvalue weighted by molar-refractivity contribution is 0.510. The largest absolute Gasteiger partial charge is 0.320 e. The number of hydrogen-bond acceptors (Lipinski definition) is 3. The van der Waals surface area contributed by atoms with E-state index in [2.05, 4.69) is 5.10 Å². The molecule has 1 aromatic heterocycles. The van der Waals surface area contributed by atoms with Gasteiger partial charge >= 0.3 is 0 Å². The highest BCUT2D eigenvalue weighted by molar-refractivity contribution is 5.32. The lowest BCUT2D eigenvalue weighted by atomic mass is 10.0. The number of rotatable bonds is 2. The third-order valence-electron chi connectivity index (χ3n) is 2.72. The van der Waals surface area contributed by atoms with Crippen molar-refractivity contribution >= 4 is 0 Å². The molecule has 18 heavy (non-hydrogen) atoms. The van der Waals surface area contributed by atoms with Gasteiger partial charge in [-0.15, -0.1) is 0 Å². The van der Waals surface area contributed by atoms with E-state index in [0.29, 0.717) is 5.69 Å². The van der Waals surface area contributed by atoms with Crippen molar-refractivity contribution in [1.82, 2.24) is 9.78 Å². The monoisotopic (exact) mass is 243 g/mol. The average molecular weight is 243 g/mol. The first kappa shape index (κ1) is 12.5. The van der Waals surface area contributed by atoms with Gasteiger partial charge in [-0.2, -0.15) is 5.10 Å². The molecular weight excluding hydrogens is 226 g/mol. The van der Waals surface area contributed by atoms with Gasteiger partial charge in [0.1, 0.15) is 5.69 Å². The van der Waals surface area contributed by atoms with Crippen LogP contribution in [0, 0.1) is 6.92 Å². The smallest absolute Gasteiger partial charge is 0.205 e. The van der Waals surface area contributed by atoms with E-state index in [9.17, 15) is 4.79 Å². The molecule has 0 aliphatic rings. The summed E-state index contributed by atoms with van der Waals surface area (Å²) in [4.78, 5) is 11.9. The number of aromatic nitrogens is 2. The third kappa shape index (κ3) is 2.33. The minimum atomic E-state index is -0.749. The first-order chi connectivity index (χ1) is 8.39. The van der Waals surface area contributed by atoms with E-state index in [1.807, 2.05) is 37.3 Å². The van der Waals surface area contributed by atoms with E-state index in [1.54, 1.807) is 24.6 Å². The van der Waals surface area contributed by atoms with E-state index >= 15 is 0 Å². The topological polar surface area (TPSA) is 60.9 Å². The van der Waals surface area contributed by atoms with Crippen molar-refractivity contribution in [3.8, 4) is 5.69 Å². The van der Waals surface area contributed by atoms with Gasteiger partial charge in [0.05, 0.1) is 11.2 Å². The SMILES string of the molecule is Cc1cc(=O)c(C(C)(C)N)nn1-c1ccccc1. The Morgan fingerprint density at radius 2 is 1.83 bits per heavy atom. The highest BCUT2D eigenvalue weighted by Crippen LogP contribution is 2.13. The molecule has 2 N–H and O–H groups in total. The molecule has 1 aromatic carbocycles.